The number of methoxy groups -OCH3 is 1. The number of benzene rings is 1. The van der Waals surface area contributed by atoms with Crippen molar-refractivity contribution in [3.8, 4) is 11.2 Å². The Hall–Kier alpha value is -0.850. The highest BCUT2D eigenvalue weighted by molar-refractivity contribution is 8.03. The first-order chi connectivity index (χ1) is 7.67. The number of nitriles is 1. The molecule has 4 heteroatoms. The third-order valence-electron chi connectivity index (χ3n) is 2.26. The molecule has 1 unspecified atom stereocenters. The Kier molecular flexibility index (Phi) is 5.51. The van der Waals surface area contributed by atoms with Gasteiger partial charge in [-0.1, -0.05) is 24.6 Å². The standard InChI is InChI=1S/C12H14ClNOS/c1-9(7-16-8-14)5-10-3-4-11(15-2)6-12(10)13/h3-4,6,9H,5,7H2,1-2H3. The molecule has 0 aliphatic carbocycles. The van der Waals surface area contributed by atoms with Crippen LogP contribution in [0.2, 0.25) is 5.02 Å². The summed E-state index contributed by atoms with van der Waals surface area (Å²) in [5.41, 5.74) is 1.11. The fraction of sp³-hybridized carbons (Fsp3) is 0.417. The molecule has 86 valence electrons. The van der Waals surface area contributed by atoms with E-state index >= 15 is 0 Å². The second-order valence-corrected chi connectivity index (χ2v) is 4.88. The molecule has 0 bridgehead atoms. The lowest BCUT2D eigenvalue weighted by atomic mass is 10.0. The highest BCUT2D eigenvalue weighted by Gasteiger charge is 2.08. The summed E-state index contributed by atoms with van der Waals surface area (Å²) in [6, 6.07) is 5.71. The molecule has 0 saturated carbocycles. The number of ether oxygens (including phenoxy) is 1. The maximum Gasteiger partial charge on any atom is 0.133 e. The van der Waals surface area contributed by atoms with Crippen molar-refractivity contribution in [1.29, 1.82) is 5.26 Å². The Labute approximate surface area is 106 Å². The van der Waals surface area contributed by atoms with Gasteiger partial charge in [-0.05, 0) is 41.8 Å². The molecule has 0 saturated heterocycles. The number of hydrogen-bond acceptors (Lipinski definition) is 3. The molecule has 1 aromatic carbocycles. The molecule has 16 heavy (non-hydrogen) atoms. The van der Waals surface area contributed by atoms with Crippen LogP contribution in [0.4, 0.5) is 0 Å². The Morgan fingerprint density at radius 3 is 2.88 bits per heavy atom. The van der Waals surface area contributed by atoms with E-state index < -0.39 is 0 Å². The average Bonchev–Trinajstić information content (AvgIpc) is 2.29. The van der Waals surface area contributed by atoms with Crippen molar-refractivity contribution in [1.82, 2.24) is 0 Å². The van der Waals surface area contributed by atoms with Gasteiger partial charge in [-0.25, -0.2) is 0 Å². The zero-order chi connectivity index (χ0) is 12.0. The molecule has 1 atom stereocenters. The summed E-state index contributed by atoms with van der Waals surface area (Å²) in [6.07, 6.45) is 0.886. The highest BCUT2D eigenvalue weighted by atomic mass is 35.5. The lowest BCUT2D eigenvalue weighted by Gasteiger charge is -2.11. The molecule has 0 spiro atoms. The van der Waals surface area contributed by atoms with Gasteiger partial charge in [-0.15, -0.1) is 0 Å². The summed E-state index contributed by atoms with van der Waals surface area (Å²) >= 11 is 7.42. The van der Waals surface area contributed by atoms with Crippen LogP contribution in [-0.4, -0.2) is 12.9 Å². The van der Waals surface area contributed by atoms with Crippen LogP contribution in [0.15, 0.2) is 18.2 Å². The van der Waals surface area contributed by atoms with Crippen molar-refractivity contribution in [3.05, 3.63) is 28.8 Å². The number of halogens is 1. The summed E-state index contributed by atoms with van der Waals surface area (Å²) in [7, 11) is 1.62. The van der Waals surface area contributed by atoms with Gasteiger partial charge in [0.15, 0.2) is 0 Å². The van der Waals surface area contributed by atoms with Crippen LogP contribution in [0.5, 0.6) is 5.75 Å². The van der Waals surface area contributed by atoms with Gasteiger partial charge in [0.25, 0.3) is 0 Å². The molecular formula is C12H14ClNOS. The molecule has 2 nitrogen and oxygen atoms in total. The molecule has 0 N–H and O–H groups in total. The quantitative estimate of drug-likeness (QED) is 0.752. The molecule has 1 aromatic rings. The molecular weight excluding hydrogens is 242 g/mol. The normalized spacial score (nSPS) is 11.9. The molecule has 0 aliphatic heterocycles. The maximum absolute atomic E-state index is 8.47. The van der Waals surface area contributed by atoms with Crippen LogP contribution in [0.1, 0.15) is 12.5 Å². The number of rotatable bonds is 5. The van der Waals surface area contributed by atoms with Gasteiger partial charge < -0.3 is 4.74 Å². The average molecular weight is 256 g/mol. The van der Waals surface area contributed by atoms with Crippen LogP contribution >= 0.6 is 23.4 Å². The van der Waals surface area contributed by atoms with Crippen molar-refractivity contribution in [3.63, 3.8) is 0 Å². The zero-order valence-corrected chi connectivity index (χ0v) is 10.9. The maximum atomic E-state index is 8.47. The van der Waals surface area contributed by atoms with Gasteiger partial charge in [0.05, 0.1) is 7.11 Å². The Morgan fingerprint density at radius 1 is 1.56 bits per heavy atom. The van der Waals surface area contributed by atoms with Gasteiger partial charge in [-0.2, -0.15) is 5.26 Å². The third kappa shape index (κ3) is 3.96. The van der Waals surface area contributed by atoms with Crippen molar-refractivity contribution >= 4 is 23.4 Å². The van der Waals surface area contributed by atoms with Crippen LogP contribution < -0.4 is 4.74 Å². The summed E-state index contributed by atoms with van der Waals surface area (Å²) in [4.78, 5) is 0. The minimum absolute atomic E-state index is 0.440. The number of thioether (sulfide) groups is 1. The predicted octanol–water partition coefficient (Wildman–Crippen LogP) is 3.74. The van der Waals surface area contributed by atoms with E-state index in [0.29, 0.717) is 5.92 Å². The summed E-state index contributed by atoms with van der Waals surface area (Å²) in [6.45, 7) is 2.12. The SMILES string of the molecule is COc1ccc(CC(C)CSC#N)c(Cl)c1. The molecule has 0 fully saturated rings. The largest absolute Gasteiger partial charge is 0.497 e. The first-order valence-electron chi connectivity index (χ1n) is 5.00. The van der Waals surface area contributed by atoms with E-state index in [9.17, 15) is 0 Å². The lowest BCUT2D eigenvalue weighted by molar-refractivity contribution is 0.414. The van der Waals surface area contributed by atoms with E-state index in [1.165, 1.54) is 11.8 Å². The van der Waals surface area contributed by atoms with Crippen molar-refractivity contribution < 1.29 is 4.74 Å². The van der Waals surface area contributed by atoms with Gasteiger partial charge >= 0.3 is 0 Å². The van der Waals surface area contributed by atoms with E-state index in [-0.39, 0.29) is 0 Å². The Morgan fingerprint density at radius 2 is 2.31 bits per heavy atom. The molecule has 0 aromatic heterocycles. The topological polar surface area (TPSA) is 33.0 Å². The van der Waals surface area contributed by atoms with Gasteiger partial charge in [0, 0.05) is 10.8 Å². The number of nitrogens with zero attached hydrogens (tertiary/aromatic N) is 1. The van der Waals surface area contributed by atoms with Gasteiger partial charge in [0.2, 0.25) is 0 Å². The Bertz CT molecular complexity index is 389. The van der Waals surface area contributed by atoms with E-state index in [1.807, 2.05) is 18.2 Å². The monoisotopic (exact) mass is 255 g/mol. The number of hydrogen-bond donors (Lipinski definition) is 0. The first-order valence-corrected chi connectivity index (χ1v) is 6.37. The first kappa shape index (κ1) is 13.2. The molecule has 0 radical (unpaired) electrons. The highest BCUT2D eigenvalue weighted by Crippen LogP contribution is 2.25. The summed E-state index contributed by atoms with van der Waals surface area (Å²) < 4.78 is 5.09. The Balaban J connectivity index is 2.64. The van der Waals surface area contributed by atoms with Crippen LogP contribution in [0.25, 0.3) is 0 Å². The lowest BCUT2D eigenvalue weighted by Crippen LogP contribution is -2.03. The third-order valence-corrected chi connectivity index (χ3v) is 3.48. The fourth-order valence-electron chi connectivity index (χ4n) is 1.43. The van der Waals surface area contributed by atoms with E-state index in [4.69, 9.17) is 21.6 Å². The van der Waals surface area contributed by atoms with Gasteiger partial charge in [0.1, 0.15) is 11.2 Å². The number of thiocyanates is 1. The van der Waals surface area contributed by atoms with Crippen molar-refractivity contribution in [2.24, 2.45) is 5.92 Å². The van der Waals surface area contributed by atoms with Crippen LogP contribution in [0, 0.1) is 16.6 Å². The second kappa shape index (κ2) is 6.67. The zero-order valence-electron chi connectivity index (χ0n) is 9.37. The van der Waals surface area contributed by atoms with Crippen molar-refractivity contribution in [2.45, 2.75) is 13.3 Å². The summed E-state index contributed by atoms with van der Waals surface area (Å²) in [5, 5.41) is 11.3. The van der Waals surface area contributed by atoms with Gasteiger partial charge in [-0.3, -0.25) is 0 Å². The molecule has 0 aliphatic rings. The minimum atomic E-state index is 0.440. The molecule has 1 rings (SSSR count). The van der Waals surface area contributed by atoms with E-state index in [0.717, 1.165) is 28.5 Å². The smallest absolute Gasteiger partial charge is 0.133 e. The molecule has 0 amide bonds. The fourth-order valence-corrected chi connectivity index (χ4v) is 2.16. The van der Waals surface area contributed by atoms with E-state index in [2.05, 4.69) is 12.3 Å². The van der Waals surface area contributed by atoms with Crippen molar-refractivity contribution in [2.75, 3.05) is 12.9 Å². The molecule has 0 heterocycles. The van der Waals surface area contributed by atoms with Crippen LogP contribution in [0.3, 0.4) is 0 Å². The van der Waals surface area contributed by atoms with Crippen LogP contribution in [-0.2, 0) is 6.42 Å². The minimum Gasteiger partial charge on any atom is -0.497 e. The van der Waals surface area contributed by atoms with E-state index in [1.54, 1.807) is 7.11 Å². The predicted molar refractivity (Wildman–Crippen MR) is 68.9 cm³/mol. The second-order valence-electron chi connectivity index (χ2n) is 3.67. The summed E-state index contributed by atoms with van der Waals surface area (Å²) in [5.74, 6) is 2.04.